The van der Waals surface area contributed by atoms with Crippen LogP contribution >= 0.6 is 0 Å². The van der Waals surface area contributed by atoms with Crippen LogP contribution in [0, 0.1) is 15.9 Å². The summed E-state index contributed by atoms with van der Waals surface area (Å²) in [5.74, 6) is -0.748. The first-order valence-electron chi connectivity index (χ1n) is 5.95. The summed E-state index contributed by atoms with van der Waals surface area (Å²) >= 11 is 0. The highest BCUT2D eigenvalue weighted by Gasteiger charge is 2.22. The molecule has 0 spiro atoms. The van der Waals surface area contributed by atoms with Crippen molar-refractivity contribution in [3.8, 4) is 17.2 Å². The zero-order valence-electron chi connectivity index (χ0n) is 11.1. The number of nitro groups is 1. The Balaban J connectivity index is 2.43. The minimum absolute atomic E-state index is 0.184. The Hall–Kier alpha value is -2.67. The molecular formula is C14H12FNO5. The molecule has 21 heavy (non-hydrogen) atoms. The summed E-state index contributed by atoms with van der Waals surface area (Å²) < 4.78 is 24.0. The standard InChI is InChI=1S/C14H12FNO5/c1-20-13-7-9(8-17)5-6-11(13)21-12-4-2-3-10(15)14(12)16(18)19/h2-7,17H,8H2,1H3. The van der Waals surface area contributed by atoms with Gasteiger partial charge in [0.25, 0.3) is 0 Å². The summed E-state index contributed by atoms with van der Waals surface area (Å²) in [5.41, 5.74) is -0.154. The zero-order chi connectivity index (χ0) is 15.4. The summed E-state index contributed by atoms with van der Waals surface area (Å²) in [7, 11) is 1.39. The van der Waals surface area contributed by atoms with Crippen molar-refractivity contribution in [3.05, 3.63) is 57.9 Å². The van der Waals surface area contributed by atoms with Crippen LogP contribution in [0.4, 0.5) is 10.1 Å². The second kappa shape index (κ2) is 6.19. The van der Waals surface area contributed by atoms with Gasteiger partial charge in [-0.1, -0.05) is 12.1 Å². The Labute approximate surface area is 119 Å². The SMILES string of the molecule is COc1cc(CO)ccc1Oc1cccc(F)c1[N+](=O)[O-]. The molecule has 0 atom stereocenters. The van der Waals surface area contributed by atoms with Gasteiger partial charge >= 0.3 is 5.69 Å². The van der Waals surface area contributed by atoms with Gasteiger partial charge in [-0.15, -0.1) is 0 Å². The van der Waals surface area contributed by atoms with Crippen molar-refractivity contribution >= 4 is 5.69 Å². The van der Waals surface area contributed by atoms with E-state index in [0.717, 1.165) is 6.07 Å². The van der Waals surface area contributed by atoms with Gasteiger partial charge in [-0.05, 0) is 29.8 Å². The van der Waals surface area contributed by atoms with Crippen LogP contribution < -0.4 is 9.47 Å². The lowest BCUT2D eigenvalue weighted by Crippen LogP contribution is -1.98. The molecule has 0 fully saturated rings. The van der Waals surface area contributed by atoms with Gasteiger partial charge in [0.2, 0.25) is 11.6 Å². The van der Waals surface area contributed by atoms with Gasteiger partial charge in [0, 0.05) is 0 Å². The Morgan fingerprint density at radius 3 is 2.62 bits per heavy atom. The van der Waals surface area contributed by atoms with Crippen LogP contribution in [0.15, 0.2) is 36.4 Å². The highest BCUT2D eigenvalue weighted by Crippen LogP contribution is 2.37. The van der Waals surface area contributed by atoms with Gasteiger partial charge in [0.05, 0.1) is 18.6 Å². The number of ether oxygens (including phenoxy) is 2. The lowest BCUT2D eigenvalue weighted by atomic mass is 10.2. The highest BCUT2D eigenvalue weighted by atomic mass is 19.1. The first kappa shape index (κ1) is 14.7. The number of hydrogen-bond donors (Lipinski definition) is 1. The molecule has 110 valence electrons. The minimum Gasteiger partial charge on any atom is -0.493 e. The lowest BCUT2D eigenvalue weighted by molar-refractivity contribution is -0.388. The van der Waals surface area contributed by atoms with E-state index in [9.17, 15) is 14.5 Å². The molecule has 0 aromatic heterocycles. The molecule has 0 saturated heterocycles. The predicted molar refractivity (Wildman–Crippen MR) is 72.0 cm³/mol. The monoisotopic (exact) mass is 293 g/mol. The van der Waals surface area contributed by atoms with E-state index in [1.54, 1.807) is 6.07 Å². The number of hydrogen-bond acceptors (Lipinski definition) is 5. The van der Waals surface area contributed by atoms with Gasteiger partial charge < -0.3 is 14.6 Å². The Morgan fingerprint density at radius 1 is 1.24 bits per heavy atom. The quantitative estimate of drug-likeness (QED) is 0.677. The maximum absolute atomic E-state index is 13.5. The van der Waals surface area contributed by atoms with Crippen LogP contribution in [-0.4, -0.2) is 17.1 Å². The fraction of sp³-hybridized carbons (Fsp3) is 0.143. The molecule has 0 unspecified atom stereocenters. The molecule has 0 radical (unpaired) electrons. The van der Waals surface area contributed by atoms with Crippen molar-refractivity contribution in [2.24, 2.45) is 0 Å². The third kappa shape index (κ3) is 3.09. The number of aliphatic hydroxyl groups excluding tert-OH is 1. The molecule has 2 rings (SSSR count). The van der Waals surface area contributed by atoms with E-state index in [2.05, 4.69) is 0 Å². The van der Waals surface area contributed by atoms with Crippen LogP contribution in [0.25, 0.3) is 0 Å². The van der Waals surface area contributed by atoms with Gasteiger partial charge in [-0.3, -0.25) is 10.1 Å². The van der Waals surface area contributed by atoms with Crippen LogP contribution in [0.2, 0.25) is 0 Å². The molecule has 2 aromatic rings. The van der Waals surface area contributed by atoms with Gasteiger partial charge in [-0.25, -0.2) is 0 Å². The number of nitrogens with zero attached hydrogens (tertiary/aromatic N) is 1. The Bertz CT molecular complexity index is 674. The van der Waals surface area contributed by atoms with E-state index in [1.165, 1.54) is 31.4 Å². The fourth-order valence-electron chi connectivity index (χ4n) is 1.77. The number of methoxy groups -OCH3 is 1. The lowest BCUT2D eigenvalue weighted by Gasteiger charge is -2.11. The van der Waals surface area contributed by atoms with E-state index in [1.807, 2.05) is 0 Å². The van der Waals surface area contributed by atoms with Crippen molar-refractivity contribution in [3.63, 3.8) is 0 Å². The second-order valence-corrected chi connectivity index (χ2v) is 4.09. The average Bonchev–Trinajstić information content (AvgIpc) is 2.47. The van der Waals surface area contributed by atoms with Gasteiger partial charge in [0.1, 0.15) is 0 Å². The van der Waals surface area contributed by atoms with E-state index in [-0.39, 0.29) is 23.9 Å². The number of para-hydroxylation sites is 1. The summed E-state index contributed by atoms with van der Waals surface area (Å²) in [4.78, 5) is 10.1. The smallest absolute Gasteiger partial charge is 0.346 e. The van der Waals surface area contributed by atoms with E-state index in [0.29, 0.717) is 5.56 Å². The number of benzene rings is 2. The predicted octanol–water partition coefficient (Wildman–Crippen LogP) is 3.03. The van der Waals surface area contributed by atoms with Gasteiger partial charge in [-0.2, -0.15) is 4.39 Å². The van der Waals surface area contributed by atoms with Crippen molar-refractivity contribution in [2.45, 2.75) is 6.61 Å². The molecule has 0 aliphatic carbocycles. The third-order valence-corrected chi connectivity index (χ3v) is 2.76. The number of halogens is 1. The van der Waals surface area contributed by atoms with E-state index in [4.69, 9.17) is 14.6 Å². The third-order valence-electron chi connectivity index (χ3n) is 2.76. The summed E-state index contributed by atoms with van der Waals surface area (Å²) in [6, 6.07) is 8.17. The van der Waals surface area contributed by atoms with Crippen LogP contribution in [-0.2, 0) is 6.61 Å². The molecule has 0 aliphatic rings. The first-order valence-corrected chi connectivity index (χ1v) is 5.95. The molecule has 0 bridgehead atoms. The van der Waals surface area contributed by atoms with Crippen molar-refractivity contribution in [2.75, 3.05) is 7.11 Å². The number of rotatable bonds is 5. The normalized spacial score (nSPS) is 10.2. The maximum Gasteiger partial charge on any atom is 0.346 e. The molecular weight excluding hydrogens is 281 g/mol. The van der Waals surface area contributed by atoms with E-state index >= 15 is 0 Å². The second-order valence-electron chi connectivity index (χ2n) is 4.09. The van der Waals surface area contributed by atoms with Crippen molar-refractivity contribution < 1.29 is 23.9 Å². The summed E-state index contributed by atoms with van der Waals surface area (Å²) in [6.07, 6.45) is 0. The molecule has 1 N–H and O–H groups in total. The topological polar surface area (TPSA) is 81.8 Å². The molecule has 7 heteroatoms. The number of nitro benzene ring substituents is 1. The van der Waals surface area contributed by atoms with Crippen LogP contribution in [0.3, 0.4) is 0 Å². The van der Waals surface area contributed by atoms with Crippen LogP contribution in [0.5, 0.6) is 17.2 Å². The summed E-state index contributed by atoms with van der Waals surface area (Å²) in [5, 5.41) is 20.0. The molecule has 0 heterocycles. The highest BCUT2D eigenvalue weighted by molar-refractivity contribution is 5.52. The van der Waals surface area contributed by atoms with Crippen molar-refractivity contribution in [1.29, 1.82) is 0 Å². The molecule has 6 nitrogen and oxygen atoms in total. The fourth-order valence-corrected chi connectivity index (χ4v) is 1.77. The number of aliphatic hydroxyl groups is 1. The minimum atomic E-state index is -0.983. The van der Waals surface area contributed by atoms with E-state index < -0.39 is 16.4 Å². The average molecular weight is 293 g/mol. The molecule has 0 aliphatic heterocycles. The Kier molecular flexibility index (Phi) is 4.34. The molecule has 0 saturated carbocycles. The Morgan fingerprint density at radius 2 is 2.00 bits per heavy atom. The zero-order valence-corrected chi connectivity index (χ0v) is 11.1. The first-order chi connectivity index (χ1) is 10.1. The maximum atomic E-state index is 13.5. The van der Waals surface area contributed by atoms with Crippen molar-refractivity contribution in [1.82, 2.24) is 0 Å². The molecule has 0 amide bonds. The largest absolute Gasteiger partial charge is 0.493 e. The molecule has 2 aromatic carbocycles. The summed E-state index contributed by atoms with van der Waals surface area (Å²) in [6.45, 7) is -0.184. The van der Waals surface area contributed by atoms with Gasteiger partial charge in [0.15, 0.2) is 11.5 Å². The van der Waals surface area contributed by atoms with Crippen LogP contribution in [0.1, 0.15) is 5.56 Å².